The minimum absolute atomic E-state index is 0.0447. The fraction of sp³-hybridized carbons (Fsp3) is 0.310. The van der Waals surface area contributed by atoms with Crippen molar-refractivity contribution in [2.24, 2.45) is 0 Å². The van der Waals surface area contributed by atoms with Gasteiger partial charge in [-0.3, -0.25) is 13.9 Å². The Kier molecular flexibility index (Phi) is 10.8. The maximum Gasteiger partial charge on any atom is 0.264 e. The SMILES string of the molecule is CCCCNC(=O)[C@@H](C)N(Cc1ccc(Cl)cc1)C(=O)CN(c1ccc(OC)cc1)S(=O)(=O)c1ccccc1. The Hall–Kier alpha value is -3.56. The monoisotopic (exact) mass is 571 g/mol. The number of hydrogen-bond acceptors (Lipinski definition) is 5. The van der Waals surface area contributed by atoms with Crippen LogP contribution in [0.1, 0.15) is 32.3 Å². The van der Waals surface area contributed by atoms with Gasteiger partial charge in [0.1, 0.15) is 18.3 Å². The molecule has 0 bridgehead atoms. The number of ether oxygens (including phenoxy) is 1. The molecule has 0 saturated carbocycles. The van der Waals surface area contributed by atoms with Gasteiger partial charge >= 0.3 is 0 Å². The lowest BCUT2D eigenvalue weighted by atomic mass is 10.1. The molecule has 0 aliphatic heterocycles. The largest absolute Gasteiger partial charge is 0.497 e. The molecule has 0 aliphatic rings. The highest BCUT2D eigenvalue weighted by Crippen LogP contribution is 2.26. The summed E-state index contributed by atoms with van der Waals surface area (Å²) in [5, 5.41) is 3.41. The Balaban J connectivity index is 1.98. The maximum absolute atomic E-state index is 13.9. The van der Waals surface area contributed by atoms with Crippen molar-refractivity contribution >= 4 is 39.1 Å². The lowest BCUT2D eigenvalue weighted by molar-refractivity contribution is -0.139. The van der Waals surface area contributed by atoms with Crippen LogP contribution < -0.4 is 14.4 Å². The second-order valence-electron chi connectivity index (χ2n) is 8.99. The van der Waals surface area contributed by atoms with Crippen LogP contribution in [0, 0.1) is 0 Å². The maximum atomic E-state index is 13.9. The Bertz CT molecular complexity index is 1330. The predicted octanol–water partition coefficient (Wildman–Crippen LogP) is 4.88. The summed E-state index contributed by atoms with van der Waals surface area (Å²) in [5.41, 5.74) is 1.04. The number of unbranched alkanes of at least 4 members (excludes halogenated alkanes) is 1. The molecule has 3 aromatic rings. The minimum Gasteiger partial charge on any atom is -0.497 e. The van der Waals surface area contributed by atoms with Crippen LogP contribution in [0.3, 0.4) is 0 Å². The van der Waals surface area contributed by atoms with Crippen LogP contribution in [0.5, 0.6) is 5.75 Å². The van der Waals surface area contributed by atoms with Crippen molar-refractivity contribution in [3.8, 4) is 5.75 Å². The number of sulfonamides is 1. The number of rotatable bonds is 13. The summed E-state index contributed by atoms with van der Waals surface area (Å²) in [5.74, 6) is -0.296. The van der Waals surface area contributed by atoms with E-state index in [0.29, 0.717) is 23.0 Å². The van der Waals surface area contributed by atoms with Crippen LogP contribution in [0.4, 0.5) is 5.69 Å². The van der Waals surface area contributed by atoms with Crippen molar-refractivity contribution < 1.29 is 22.7 Å². The van der Waals surface area contributed by atoms with Gasteiger partial charge in [0.15, 0.2) is 0 Å². The molecule has 0 heterocycles. The Morgan fingerprint density at radius 1 is 0.974 bits per heavy atom. The molecule has 1 N–H and O–H groups in total. The second kappa shape index (κ2) is 14.0. The van der Waals surface area contributed by atoms with E-state index in [1.807, 2.05) is 6.92 Å². The average Bonchev–Trinajstić information content (AvgIpc) is 2.95. The number of carbonyl (C=O) groups is 2. The van der Waals surface area contributed by atoms with E-state index in [9.17, 15) is 18.0 Å². The van der Waals surface area contributed by atoms with E-state index in [4.69, 9.17) is 16.3 Å². The highest BCUT2D eigenvalue weighted by Gasteiger charge is 2.32. The third-order valence-electron chi connectivity index (χ3n) is 6.23. The molecule has 39 heavy (non-hydrogen) atoms. The van der Waals surface area contributed by atoms with Gasteiger partial charge in [-0.2, -0.15) is 0 Å². The van der Waals surface area contributed by atoms with E-state index in [0.717, 1.165) is 22.7 Å². The van der Waals surface area contributed by atoms with Crippen LogP contribution >= 0.6 is 11.6 Å². The predicted molar refractivity (Wildman–Crippen MR) is 153 cm³/mol. The summed E-state index contributed by atoms with van der Waals surface area (Å²) >= 11 is 6.03. The van der Waals surface area contributed by atoms with Gasteiger partial charge in [-0.15, -0.1) is 0 Å². The van der Waals surface area contributed by atoms with E-state index < -0.39 is 28.5 Å². The summed E-state index contributed by atoms with van der Waals surface area (Å²) in [6.07, 6.45) is 1.72. The van der Waals surface area contributed by atoms with Crippen molar-refractivity contribution in [3.05, 3.63) is 89.4 Å². The normalized spacial score (nSPS) is 11.9. The number of hydrogen-bond donors (Lipinski definition) is 1. The average molecular weight is 572 g/mol. The summed E-state index contributed by atoms with van der Waals surface area (Å²) in [6.45, 7) is 3.73. The fourth-order valence-electron chi connectivity index (χ4n) is 3.90. The van der Waals surface area contributed by atoms with Crippen molar-refractivity contribution in [1.82, 2.24) is 10.2 Å². The number of anilines is 1. The van der Waals surface area contributed by atoms with Gasteiger partial charge in [-0.25, -0.2) is 8.42 Å². The van der Waals surface area contributed by atoms with Gasteiger partial charge in [0.05, 0.1) is 17.7 Å². The number of benzene rings is 3. The summed E-state index contributed by atoms with van der Waals surface area (Å²) < 4.78 is 33.8. The molecule has 208 valence electrons. The summed E-state index contributed by atoms with van der Waals surface area (Å²) in [7, 11) is -2.60. The van der Waals surface area contributed by atoms with E-state index in [2.05, 4.69) is 5.32 Å². The van der Waals surface area contributed by atoms with Gasteiger partial charge in [0.25, 0.3) is 10.0 Å². The highest BCUT2D eigenvalue weighted by molar-refractivity contribution is 7.92. The number of nitrogens with one attached hydrogen (secondary N) is 1. The van der Waals surface area contributed by atoms with Gasteiger partial charge < -0.3 is 15.0 Å². The first-order chi connectivity index (χ1) is 18.7. The van der Waals surface area contributed by atoms with E-state index >= 15 is 0 Å². The Labute approximate surface area is 235 Å². The molecule has 3 rings (SSSR count). The van der Waals surface area contributed by atoms with Crippen LogP contribution in [0.25, 0.3) is 0 Å². The zero-order valence-electron chi connectivity index (χ0n) is 22.3. The Morgan fingerprint density at radius 3 is 2.21 bits per heavy atom. The van der Waals surface area contributed by atoms with Crippen molar-refractivity contribution in [3.63, 3.8) is 0 Å². The molecule has 10 heteroatoms. The van der Waals surface area contributed by atoms with Crippen molar-refractivity contribution in [1.29, 1.82) is 0 Å². The molecule has 2 amide bonds. The molecule has 0 spiro atoms. The molecule has 3 aromatic carbocycles. The third-order valence-corrected chi connectivity index (χ3v) is 8.27. The Morgan fingerprint density at radius 2 is 1.62 bits per heavy atom. The fourth-order valence-corrected chi connectivity index (χ4v) is 5.46. The van der Waals surface area contributed by atoms with E-state index in [1.165, 1.54) is 24.1 Å². The molecule has 8 nitrogen and oxygen atoms in total. The van der Waals surface area contributed by atoms with E-state index in [-0.39, 0.29) is 17.3 Å². The number of carbonyl (C=O) groups excluding carboxylic acids is 2. The molecule has 0 saturated heterocycles. The molecule has 0 radical (unpaired) electrons. The molecule has 0 aromatic heterocycles. The van der Waals surface area contributed by atoms with Gasteiger partial charge in [-0.05, 0) is 67.4 Å². The van der Waals surface area contributed by atoms with Gasteiger partial charge in [0.2, 0.25) is 11.8 Å². The second-order valence-corrected chi connectivity index (χ2v) is 11.3. The smallest absolute Gasteiger partial charge is 0.264 e. The van der Waals surface area contributed by atoms with Crippen LogP contribution in [-0.4, -0.2) is 51.4 Å². The van der Waals surface area contributed by atoms with Crippen molar-refractivity contribution in [2.75, 3.05) is 24.5 Å². The lowest BCUT2D eigenvalue weighted by Gasteiger charge is -2.32. The van der Waals surface area contributed by atoms with Crippen LogP contribution in [0.2, 0.25) is 5.02 Å². The number of methoxy groups -OCH3 is 1. The van der Waals surface area contributed by atoms with Gasteiger partial charge in [-0.1, -0.05) is 55.3 Å². The molecule has 0 aliphatic carbocycles. The number of amides is 2. The topological polar surface area (TPSA) is 96.0 Å². The van der Waals surface area contributed by atoms with Crippen LogP contribution in [0.15, 0.2) is 83.8 Å². The van der Waals surface area contributed by atoms with Crippen molar-refractivity contribution in [2.45, 2.75) is 44.2 Å². The molecule has 1 atom stereocenters. The lowest BCUT2D eigenvalue weighted by Crippen LogP contribution is -2.51. The first kappa shape index (κ1) is 30.0. The highest BCUT2D eigenvalue weighted by atomic mass is 35.5. The summed E-state index contributed by atoms with van der Waals surface area (Å²) in [4.78, 5) is 28.3. The zero-order valence-corrected chi connectivity index (χ0v) is 23.9. The zero-order chi connectivity index (χ0) is 28.4. The quantitative estimate of drug-likeness (QED) is 0.295. The third kappa shape index (κ3) is 7.97. The first-order valence-corrected chi connectivity index (χ1v) is 14.5. The first-order valence-electron chi connectivity index (χ1n) is 12.7. The number of halogens is 1. The molecule has 0 fully saturated rings. The summed E-state index contributed by atoms with van der Waals surface area (Å²) in [6, 6.07) is 20.4. The van der Waals surface area contributed by atoms with Gasteiger partial charge in [0, 0.05) is 18.1 Å². The standard InChI is InChI=1S/C29H34ClN3O5S/c1-4-5-19-31-29(35)22(2)32(20-23-11-13-24(30)14-12-23)28(34)21-33(25-15-17-26(38-3)18-16-25)39(36,37)27-9-7-6-8-10-27/h6-18,22H,4-5,19-21H2,1-3H3,(H,31,35)/t22-/m1/s1. The molecular formula is C29H34ClN3O5S. The van der Waals surface area contributed by atoms with Crippen LogP contribution in [-0.2, 0) is 26.2 Å². The minimum atomic E-state index is -4.12. The molecular weight excluding hydrogens is 538 g/mol. The molecule has 0 unspecified atom stereocenters. The number of nitrogens with zero attached hydrogens (tertiary/aromatic N) is 2. The van der Waals surface area contributed by atoms with E-state index in [1.54, 1.807) is 73.7 Å².